The summed E-state index contributed by atoms with van der Waals surface area (Å²) in [5.41, 5.74) is 11.5. The SMILES string of the molecule is Cc1cccc2c1C(N(C)c1ccccc1)CN(C)C2CN. The molecule has 0 aliphatic carbocycles. The van der Waals surface area contributed by atoms with Crippen LogP contribution in [-0.2, 0) is 0 Å². The maximum Gasteiger partial charge on any atom is 0.0672 e. The molecule has 116 valence electrons. The van der Waals surface area contributed by atoms with Crippen LogP contribution < -0.4 is 10.6 Å². The number of hydrogen-bond acceptors (Lipinski definition) is 3. The molecular formula is C19H25N3. The molecule has 0 radical (unpaired) electrons. The minimum absolute atomic E-state index is 0.315. The smallest absolute Gasteiger partial charge is 0.0672 e. The van der Waals surface area contributed by atoms with E-state index in [0.717, 1.165) is 6.54 Å². The third-order valence-electron chi connectivity index (χ3n) is 4.90. The normalized spacial score (nSPS) is 21.5. The molecule has 0 aromatic heterocycles. The quantitative estimate of drug-likeness (QED) is 0.944. The van der Waals surface area contributed by atoms with Gasteiger partial charge >= 0.3 is 0 Å². The Morgan fingerprint density at radius 1 is 1.14 bits per heavy atom. The summed E-state index contributed by atoms with van der Waals surface area (Å²) in [5.74, 6) is 0. The minimum atomic E-state index is 0.315. The molecule has 0 bridgehead atoms. The zero-order chi connectivity index (χ0) is 15.7. The molecule has 2 aromatic rings. The van der Waals surface area contributed by atoms with Crippen LogP contribution in [0, 0.1) is 6.92 Å². The van der Waals surface area contributed by atoms with Crippen LogP contribution in [0.5, 0.6) is 0 Å². The van der Waals surface area contributed by atoms with Crippen molar-refractivity contribution in [3.05, 3.63) is 65.2 Å². The summed E-state index contributed by atoms with van der Waals surface area (Å²) >= 11 is 0. The number of hydrogen-bond donors (Lipinski definition) is 1. The second-order valence-corrected chi connectivity index (χ2v) is 6.23. The van der Waals surface area contributed by atoms with E-state index >= 15 is 0 Å². The van der Waals surface area contributed by atoms with Gasteiger partial charge in [0.05, 0.1) is 6.04 Å². The third kappa shape index (κ3) is 2.51. The lowest BCUT2D eigenvalue weighted by Crippen LogP contribution is -2.44. The van der Waals surface area contributed by atoms with Gasteiger partial charge in [0.2, 0.25) is 0 Å². The highest BCUT2D eigenvalue weighted by Crippen LogP contribution is 2.39. The molecule has 1 heterocycles. The Kier molecular flexibility index (Phi) is 4.19. The highest BCUT2D eigenvalue weighted by Gasteiger charge is 2.33. The maximum absolute atomic E-state index is 6.04. The number of fused-ring (bicyclic) bond motifs is 1. The second-order valence-electron chi connectivity index (χ2n) is 6.23. The van der Waals surface area contributed by atoms with Crippen molar-refractivity contribution in [2.75, 3.05) is 32.1 Å². The van der Waals surface area contributed by atoms with Crippen molar-refractivity contribution < 1.29 is 0 Å². The van der Waals surface area contributed by atoms with Crippen molar-refractivity contribution in [1.82, 2.24) is 4.90 Å². The van der Waals surface area contributed by atoms with Gasteiger partial charge in [0.15, 0.2) is 0 Å². The van der Waals surface area contributed by atoms with Gasteiger partial charge in [-0.1, -0.05) is 36.4 Å². The summed E-state index contributed by atoms with van der Waals surface area (Å²) in [4.78, 5) is 4.76. The number of benzene rings is 2. The molecule has 1 aliphatic heterocycles. The Morgan fingerprint density at radius 3 is 2.55 bits per heavy atom. The molecule has 3 heteroatoms. The largest absolute Gasteiger partial charge is 0.366 e. The average molecular weight is 295 g/mol. The molecule has 2 N–H and O–H groups in total. The molecule has 22 heavy (non-hydrogen) atoms. The molecule has 3 nitrogen and oxygen atoms in total. The minimum Gasteiger partial charge on any atom is -0.366 e. The van der Waals surface area contributed by atoms with Gasteiger partial charge < -0.3 is 10.6 Å². The topological polar surface area (TPSA) is 32.5 Å². The summed E-state index contributed by atoms with van der Waals surface area (Å²) in [7, 11) is 4.36. The summed E-state index contributed by atoms with van der Waals surface area (Å²) in [6, 6.07) is 17.9. The number of rotatable bonds is 3. The Labute approximate surface area is 133 Å². The van der Waals surface area contributed by atoms with Crippen LogP contribution >= 0.6 is 0 Å². The zero-order valence-electron chi connectivity index (χ0n) is 13.7. The van der Waals surface area contributed by atoms with Crippen LogP contribution in [-0.4, -0.2) is 32.1 Å². The van der Waals surface area contributed by atoms with Crippen molar-refractivity contribution in [2.24, 2.45) is 5.73 Å². The van der Waals surface area contributed by atoms with Crippen molar-refractivity contribution in [2.45, 2.75) is 19.0 Å². The second kappa shape index (κ2) is 6.11. The first-order valence-corrected chi connectivity index (χ1v) is 7.91. The Hall–Kier alpha value is -1.84. The van der Waals surface area contributed by atoms with Gasteiger partial charge in [-0.15, -0.1) is 0 Å². The first-order valence-electron chi connectivity index (χ1n) is 7.91. The standard InChI is InChI=1S/C19H25N3/c1-14-8-7-11-16-17(12-20)21(2)13-18(19(14)16)22(3)15-9-5-4-6-10-15/h4-11,17-18H,12-13,20H2,1-3H3. The molecule has 2 atom stereocenters. The van der Waals surface area contributed by atoms with Crippen molar-refractivity contribution in [1.29, 1.82) is 0 Å². The summed E-state index contributed by atoms with van der Waals surface area (Å²) < 4.78 is 0. The molecule has 0 saturated carbocycles. The van der Waals surface area contributed by atoms with E-state index in [2.05, 4.69) is 79.3 Å². The van der Waals surface area contributed by atoms with Crippen molar-refractivity contribution in [3.63, 3.8) is 0 Å². The lowest BCUT2D eigenvalue weighted by Gasteiger charge is -2.43. The molecule has 0 saturated heterocycles. The van der Waals surface area contributed by atoms with Crippen LogP contribution in [0.4, 0.5) is 5.69 Å². The van der Waals surface area contributed by atoms with Crippen LogP contribution in [0.1, 0.15) is 28.8 Å². The molecule has 0 amide bonds. The van der Waals surface area contributed by atoms with E-state index in [1.54, 1.807) is 0 Å². The predicted molar refractivity (Wildman–Crippen MR) is 93.2 cm³/mol. The lowest BCUT2D eigenvalue weighted by atomic mass is 9.86. The van der Waals surface area contributed by atoms with E-state index in [9.17, 15) is 0 Å². The molecule has 2 unspecified atom stereocenters. The van der Waals surface area contributed by atoms with E-state index in [1.165, 1.54) is 22.4 Å². The van der Waals surface area contributed by atoms with Gasteiger partial charge in [0.1, 0.15) is 0 Å². The number of likely N-dealkylation sites (N-methyl/N-ethyl adjacent to an activating group) is 2. The van der Waals surface area contributed by atoms with Crippen LogP contribution in [0.25, 0.3) is 0 Å². The van der Waals surface area contributed by atoms with Crippen molar-refractivity contribution >= 4 is 5.69 Å². The fraction of sp³-hybridized carbons (Fsp3) is 0.368. The van der Waals surface area contributed by atoms with E-state index < -0.39 is 0 Å². The molecule has 3 rings (SSSR count). The number of anilines is 1. The first kappa shape index (κ1) is 15.1. The van der Waals surface area contributed by atoms with E-state index in [4.69, 9.17) is 5.73 Å². The highest BCUT2D eigenvalue weighted by atomic mass is 15.2. The monoisotopic (exact) mass is 295 g/mol. The van der Waals surface area contributed by atoms with Crippen LogP contribution in [0.15, 0.2) is 48.5 Å². The number of nitrogens with two attached hydrogens (primary N) is 1. The van der Waals surface area contributed by atoms with E-state index in [1.807, 2.05) is 0 Å². The summed E-state index contributed by atoms with van der Waals surface area (Å²) in [6.45, 7) is 3.86. The lowest BCUT2D eigenvalue weighted by molar-refractivity contribution is 0.212. The first-order chi connectivity index (χ1) is 10.6. The Balaban J connectivity index is 2.06. The summed E-state index contributed by atoms with van der Waals surface area (Å²) in [5, 5.41) is 0. The molecule has 0 fully saturated rings. The summed E-state index contributed by atoms with van der Waals surface area (Å²) in [6.07, 6.45) is 0. The predicted octanol–water partition coefficient (Wildman–Crippen LogP) is 3.12. The number of aryl methyl sites for hydroxylation is 1. The maximum atomic E-state index is 6.04. The fourth-order valence-corrected chi connectivity index (χ4v) is 3.64. The molecule has 1 aliphatic rings. The van der Waals surface area contributed by atoms with Gasteiger partial charge in [-0.2, -0.15) is 0 Å². The molecule has 0 spiro atoms. The molecule has 2 aromatic carbocycles. The van der Waals surface area contributed by atoms with Gasteiger partial charge in [0, 0.05) is 31.9 Å². The van der Waals surface area contributed by atoms with E-state index in [-0.39, 0.29) is 0 Å². The van der Waals surface area contributed by atoms with Gasteiger partial charge in [-0.3, -0.25) is 4.90 Å². The third-order valence-corrected chi connectivity index (χ3v) is 4.90. The Morgan fingerprint density at radius 2 is 1.86 bits per heavy atom. The van der Waals surface area contributed by atoms with Crippen LogP contribution in [0.3, 0.4) is 0 Å². The molecular weight excluding hydrogens is 270 g/mol. The highest BCUT2D eigenvalue weighted by molar-refractivity contribution is 5.52. The number of para-hydroxylation sites is 1. The Bertz CT molecular complexity index is 638. The van der Waals surface area contributed by atoms with Gasteiger partial charge in [-0.25, -0.2) is 0 Å². The number of nitrogens with zero attached hydrogens (tertiary/aromatic N) is 2. The van der Waals surface area contributed by atoms with Gasteiger partial charge in [0.25, 0.3) is 0 Å². The fourth-order valence-electron chi connectivity index (χ4n) is 3.64. The van der Waals surface area contributed by atoms with Crippen LogP contribution in [0.2, 0.25) is 0 Å². The van der Waals surface area contributed by atoms with Gasteiger partial charge in [-0.05, 0) is 42.8 Å². The van der Waals surface area contributed by atoms with Crippen molar-refractivity contribution in [3.8, 4) is 0 Å². The van der Waals surface area contributed by atoms with E-state index in [0.29, 0.717) is 18.6 Å². The zero-order valence-corrected chi connectivity index (χ0v) is 13.7. The average Bonchev–Trinajstić information content (AvgIpc) is 2.54.